The summed E-state index contributed by atoms with van der Waals surface area (Å²) in [7, 11) is 0. The van der Waals surface area contributed by atoms with Crippen LogP contribution in [0.4, 0.5) is 5.69 Å². The van der Waals surface area contributed by atoms with Crippen molar-refractivity contribution in [3.8, 4) is 11.3 Å². The van der Waals surface area contributed by atoms with Gasteiger partial charge >= 0.3 is 0 Å². The molecule has 0 aromatic carbocycles. The lowest BCUT2D eigenvalue weighted by atomic mass is 9.82. The van der Waals surface area contributed by atoms with Gasteiger partial charge in [0.1, 0.15) is 0 Å². The highest BCUT2D eigenvalue weighted by Gasteiger charge is 2.51. The van der Waals surface area contributed by atoms with Gasteiger partial charge in [-0.1, -0.05) is 20.8 Å². The maximum Gasteiger partial charge on any atom is 0.235 e. The molecule has 9 heteroatoms. The first-order chi connectivity index (χ1) is 16.6. The Morgan fingerprint density at radius 3 is 2.63 bits per heavy atom. The number of fused-ring (bicyclic) bond motifs is 1. The summed E-state index contributed by atoms with van der Waals surface area (Å²) in [4.78, 5) is 50.0. The van der Waals surface area contributed by atoms with E-state index in [2.05, 4.69) is 15.6 Å². The summed E-state index contributed by atoms with van der Waals surface area (Å²) >= 11 is 1.50. The molecule has 0 radical (unpaired) electrons. The molecule has 0 saturated carbocycles. The number of aromatic nitrogens is 2. The molecule has 0 bridgehead atoms. The zero-order valence-electron chi connectivity index (χ0n) is 20.6. The topological polar surface area (TPSA) is 104 Å². The maximum atomic E-state index is 12.9. The quantitative estimate of drug-likeness (QED) is 0.528. The molecule has 2 N–H and O–H groups in total. The molecule has 0 spiro atoms. The first-order valence-electron chi connectivity index (χ1n) is 11.8. The number of carbonyl (C=O) groups excluding carboxylic acids is 3. The average Bonchev–Trinajstić information content (AvgIpc) is 3.24. The maximum absolute atomic E-state index is 12.9. The number of hydrogen-bond acceptors (Lipinski definition) is 7. The highest BCUT2D eigenvalue weighted by Crippen LogP contribution is 2.41. The number of rotatable bonds is 5. The van der Waals surface area contributed by atoms with Gasteiger partial charge in [-0.25, -0.2) is 0 Å². The second-order valence-corrected chi connectivity index (χ2v) is 11.2. The molecular weight excluding hydrogens is 462 g/mol. The van der Waals surface area contributed by atoms with Gasteiger partial charge in [0.05, 0.1) is 39.5 Å². The Labute approximate surface area is 208 Å². The van der Waals surface area contributed by atoms with Crippen LogP contribution in [0, 0.1) is 31.1 Å². The van der Waals surface area contributed by atoms with Crippen molar-refractivity contribution in [2.24, 2.45) is 17.3 Å². The molecule has 5 rings (SSSR count). The number of likely N-dealkylation sites (tertiary alicyclic amines) is 1. The van der Waals surface area contributed by atoms with E-state index >= 15 is 0 Å². The summed E-state index contributed by atoms with van der Waals surface area (Å²) < 4.78 is 0.909. The van der Waals surface area contributed by atoms with E-state index in [4.69, 9.17) is 4.98 Å². The van der Waals surface area contributed by atoms with Crippen LogP contribution in [0.25, 0.3) is 21.5 Å². The molecule has 3 amide bonds. The van der Waals surface area contributed by atoms with Gasteiger partial charge in [-0.3, -0.25) is 29.3 Å². The van der Waals surface area contributed by atoms with Gasteiger partial charge in [-0.2, -0.15) is 0 Å². The predicted octanol–water partition coefficient (Wildman–Crippen LogP) is 3.66. The molecule has 2 aliphatic rings. The smallest absolute Gasteiger partial charge is 0.235 e. The molecule has 1 atom stereocenters. The number of aryl methyl sites for hydroxylation is 2. The molecule has 5 heterocycles. The number of carbonyl (C=O) groups is 3. The number of pyridine rings is 2. The van der Waals surface area contributed by atoms with Crippen molar-refractivity contribution < 1.29 is 14.4 Å². The summed E-state index contributed by atoms with van der Waals surface area (Å²) in [5.41, 5.74) is 4.14. The predicted molar refractivity (Wildman–Crippen MR) is 136 cm³/mol. The van der Waals surface area contributed by atoms with Gasteiger partial charge in [0, 0.05) is 41.3 Å². The van der Waals surface area contributed by atoms with Gasteiger partial charge in [0.2, 0.25) is 17.7 Å². The van der Waals surface area contributed by atoms with E-state index in [9.17, 15) is 14.4 Å². The number of hydrogen-bond donors (Lipinski definition) is 2. The van der Waals surface area contributed by atoms with Crippen LogP contribution in [0.15, 0.2) is 24.4 Å². The van der Waals surface area contributed by atoms with E-state index in [1.807, 2.05) is 52.8 Å². The Bertz CT molecular complexity index is 1370. The number of thiophene rings is 1. The second-order valence-electron chi connectivity index (χ2n) is 10.1. The van der Waals surface area contributed by atoms with Crippen LogP contribution < -0.4 is 10.6 Å². The van der Waals surface area contributed by atoms with Gasteiger partial charge < -0.3 is 10.6 Å². The molecule has 2 fully saturated rings. The minimum Gasteiger partial charge on any atom is -0.324 e. The van der Waals surface area contributed by atoms with Crippen LogP contribution >= 0.6 is 11.3 Å². The van der Waals surface area contributed by atoms with E-state index in [-0.39, 0.29) is 36.1 Å². The molecule has 3 aromatic heterocycles. The molecule has 182 valence electrons. The van der Waals surface area contributed by atoms with Crippen molar-refractivity contribution in [2.75, 3.05) is 18.4 Å². The van der Waals surface area contributed by atoms with Crippen LogP contribution in [0.3, 0.4) is 0 Å². The Kier molecular flexibility index (Phi) is 5.72. The zero-order chi connectivity index (χ0) is 25.1. The van der Waals surface area contributed by atoms with Crippen LogP contribution in [-0.4, -0.2) is 45.7 Å². The van der Waals surface area contributed by atoms with Gasteiger partial charge in [0.25, 0.3) is 0 Å². The van der Waals surface area contributed by atoms with E-state index in [0.29, 0.717) is 24.5 Å². The van der Waals surface area contributed by atoms with E-state index in [1.165, 1.54) is 16.2 Å². The van der Waals surface area contributed by atoms with Crippen molar-refractivity contribution in [1.82, 2.24) is 20.2 Å². The number of amides is 3. The van der Waals surface area contributed by atoms with E-state index < -0.39 is 5.41 Å². The monoisotopic (exact) mass is 491 g/mol. The van der Waals surface area contributed by atoms with Gasteiger partial charge in [0.15, 0.2) is 0 Å². The molecule has 1 unspecified atom stereocenters. The summed E-state index contributed by atoms with van der Waals surface area (Å²) in [5, 5.41) is 6.24. The van der Waals surface area contributed by atoms with Gasteiger partial charge in [-0.05, 0) is 37.6 Å². The van der Waals surface area contributed by atoms with Crippen molar-refractivity contribution in [3.05, 3.63) is 40.5 Å². The Hall–Kier alpha value is -3.17. The molecule has 35 heavy (non-hydrogen) atoms. The third kappa shape index (κ3) is 3.92. The first-order valence-corrected chi connectivity index (χ1v) is 12.6. The highest BCUT2D eigenvalue weighted by atomic mass is 32.1. The fourth-order valence-electron chi connectivity index (χ4n) is 4.62. The number of anilines is 1. The number of nitrogens with zero attached hydrogens (tertiary/aromatic N) is 3. The van der Waals surface area contributed by atoms with Crippen LogP contribution in [0.1, 0.15) is 36.9 Å². The van der Waals surface area contributed by atoms with Crippen molar-refractivity contribution in [2.45, 2.75) is 41.2 Å². The largest absolute Gasteiger partial charge is 0.324 e. The minimum atomic E-state index is -0.705. The van der Waals surface area contributed by atoms with Crippen LogP contribution in [0.2, 0.25) is 0 Å². The lowest BCUT2D eigenvalue weighted by molar-refractivity contribution is -0.141. The minimum absolute atomic E-state index is 0.0151. The van der Waals surface area contributed by atoms with E-state index in [0.717, 1.165) is 31.9 Å². The van der Waals surface area contributed by atoms with Crippen LogP contribution in [-0.2, 0) is 20.9 Å². The molecular formula is C26H29N5O3S. The summed E-state index contributed by atoms with van der Waals surface area (Å²) in [6.07, 6.45) is 1.73. The summed E-state index contributed by atoms with van der Waals surface area (Å²) in [5.74, 6) is -0.700. The van der Waals surface area contributed by atoms with Crippen LogP contribution in [0.5, 0.6) is 0 Å². The lowest BCUT2D eigenvalue weighted by Crippen LogP contribution is -2.48. The molecule has 2 aliphatic heterocycles. The fourth-order valence-corrected chi connectivity index (χ4v) is 5.74. The third-order valence-electron chi connectivity index (χ3n) is 7.29. The summed E-state index contributed by atoms with van der Waals surface area (Å²) in [6.45, 7) is 10.9. The Morgan fingerprint density at radius 2 is 2.00 bits per heavy atom. The van der Waals surface area contributed by atoms with Crippen molar-refractivity contribution in [1.29, 1.82) is 0 Å². The number of nitrogens with one attached hydrogen (secondary N) is 2. The second kappa shape index (κ2) is 8.49. The van der Waals surface area contributed by atoms with Gasteiger partial charge in [-0.15, -0.1) is 11.3 Å². The Balaban J connectivity index is 1.54. The normalized spacial score (nSPS) is 19.9. The highest BCUT2D eigenvalue weighted by molar-refractivity contribution is 7.19. The first kappa shape index (κ1) is 23.6. The lowest BCUT2D eigenvalue weighted by Gasteiger charge is -2.26. The third-order valence-corrected chi connectivity index (χ3v) is 8.43. The van der Waals surface area contributed by atoms with E-state index in [1.54, 1.807) is 6.20 Å². The molecule has 8 nitrogen and oxygen atoms in total. The van der Waals surface area contributed by atoms with Crippen molar-refractivity contribution in [3.63, 3.8) is 0 Å². The average molecular weight is 492 g/mol. The molecule has 2 saturated heterocycles. The SMILES string of the molecule is Cc1cc(C)c(NC(=O)C2CNC2)c(-c2ccnc3cc(CN4C(=O)C(C)C(C)(C)C4=O)sc23)n1. The molecule has 3 aromatic rings. The summed E-state index contributed by atoms with van der Waals surface area (Å²) in [6, 6.07) is 5.80. The van der Waals surface area contributed by atoms with Crippen molar-refractivity contribution >= 4 is 45.0 Å². The molecule has 0 aliphatic carbocycles. The fraction of sp³-hybridized carbons (Fsp3) is 0.423. The Morgan fingerprint density at radius 1 is 1.26 bits per heavy atom. The zero-order valence-corrected chi connectivity index (χ0v) is 21.4. The number of imide groups is 1. The standard InChI is InChI=1S/C26H29N5O3S/c1-13-8-14(2)29-21(20(13)30-23(32)16-10-27-11-16)18-6-7-28-19-9-17(35-22(18)19)12-31-24(33)15(3)26(4,5)25(31)34/h6-9,15-16,27H,10-12H2,1-5H3,(H,30,32).